The molecular formula is C25H22O5. The van der Waals surface area contributed by atoms with Crippen LogP contribution < -0.4 is 9.47 Å². The molecule has 0 bridgehead atoms. The summed E-state index contributed by atoms with van der Waals surface area (Å²) in [5.41, 5.74) is 5.25. The van der Waals surface area contributed by atoms with Gasteiger partial charge in [0.2, 0.25) is 0 Å². The minimum atomic E-state index is -0.482. The first kappa shape index (κ1) is 19.7. The second kappa shape index (κ2) is 8.82. The van der Waals surface area contributed by atoms with Crippen LogP contribution in [-0.2, 0) is 16.0 Å². The molecule has 0 unspecified atom stereocenters. The van der Waals surface area contributed by atoms with Crippen LogP contribution in [0.3, 0.4) is 0 Å². The zero-order chi connectivity index (χ0) is 20.9. The van der Waals surface area contributed by atoms with Gasteiger partial charge in [-0.3, -0.25) is 9.59 Å². The number of ketones is 1. The minimum Gasteiger partial charge on any atom is -0.493 e. The van der Waals surface area contributed by atoms with Crippen LogP contribution in [-0.4, -0.2) is 32.1 Å². The second-order valence-electron chi connectivity index (χ2n) is 7.04. The molecular weight excluding hydrogens is 380 g/mol. The van der Waals surface area contributed by atoms with E-state index < -0.39 is 5.97 Å². The predicted molar refractivity (Wildman–Crippen MR) is 113 cm³/mol. The first-order chi connectivity index (χ1) is 14.7. The molecule has 0 aromatic heterocycles. The van der Waals surface area contributed by atoms with Gasteiger partial charge in [-0.2, -0.15) is 0 Å². The molecule has 0 amide bonds. The van der Waals surface area contributed by atoms with E-state index in [2.05, 4.69) is 12.1 Å². The van der Waals surface area contributed by atoms with Crippen LogP contribution in [0.15, 0.2) is 66.7 Å². The van der Waals surface area contributed by atoms with Crippen molar-refractivity contribution in [3.05, 3.63) is 83.4 Å². The number of methoxy groups -OCH3 is 1. The van der Waals surface area contributed by atoms with Gasteiger partial charge in [0, 0.05) is 5.56 Å². The van der Waals surface area contributed by atoms with Crippen molar-refractivity contribution in [3.63, 3.8) is 0 Å². The summed E-state index contributed by atoms with van der Waals surface area (Å²) >= 11 is 0. The first-order valence-corrected chi connectivity index (χ1v) is 9.81. The van der Waals surface area contributed by atoms with Crippen molar-refractivity contribution in [1.82, 2.24) is 0 Å². The largest absolute Gasteiger partial charge is 0.493 e. The Kier molecular flexibility index (Phi) is 5.80. The number of esters is 1. The van der Waals surface area contributed by atoms with E-state index in [0.717, 1.165) is 17.5 Å². The fraction of sp³-hybridized carbons (Fsp3) is 0.200. The molecule has 0 saturated carbocycles. The van der Waals surface area contributed by atoms with Gasteiger partial charge in [-0.05, 0) is 46.9 Å². The van der Waals surface area contributed by atoms with Crippen molar-refractivity contribution >= 4 is 11.8 Å². The lowest BCUT2D eigenvalue weighted by Crippen LogP contribution is -2.16. The molecule has 1 aliphatic carbocycles. The second-order valence-corrected chi connectivity index (χ2v) is 7.04. The van der Waals surface area contributed by atoms with Gasteiger partial charge in [0.15, 0.2) is 23.9 Å². The van der Waals surface area contributed by atoms with E-state index in [1.165, 1.54) is 11.1 Å². The summed E-state index contributed by atoms with van der Waals surface area (Å²) in [4.78, 5) is 24.5. The van der Waals surface area contributed by atoms with E-state index in [0.29, 0.717) is 17.1 Å². The smallest absolute Gasteiger partial charge is 0.309 e. The average molecular weight is 402 g/mol. The van der Waals surface area contributed by atoms with Gasteiger partial charge < -0.3 is 14.2 Å². The molecule has 0 fully saturated rings. The Hall–Kier alpha value is -3.60. The summed E-state index contributed by atoms with van der Waals surface area (Å²) < 4.78 is 15.9. The third-order valence-corrected chi connectivity index (χ3v) is 5.12. The normalized spacial score (nSPS) is 11.4. The molecule has 1 aliphatic rings. The third kappa shape index (κ3) is 4.20. The van der Waals surface area contributed by atoms with Gasteiger partial charge in [-0.25, -0.2) is 0 Å². The van der Waals surface area contributed by atoms with Gasteiger partial charge in [0.05, 0.1) is 20.1 Å². The van der Waals surface area contributed by atoms with E-state index in [-0.39, 0.29) is 25.4 Å². The van der Waals surface area contributed by atoms with Crippen LogP contribution in [0.25, 0.3) is 11.1 Å². The minimum absolute atomic E-state index is 0.0445. The third-order valence-electron chi connectivity index (χ3n) is 5.12. The summed E-state index contributed by atoms with van der Waals surface area (Å²) in [5.74, 6) is 0.451. The topological polar surface area (TPSA) is 61.8 Å². The predicted octanol–water partition coefficient (Wildman–Crippen LogP) is 4.46. The van der Waals surface area contributed by atoms with Crippen molar-refractivity contribution < 1.29 is 23.8 Å². The van der Waals surface area contributed by atoms with Crippen molar-refractivity contribution in [1.29, 1.82) is 0 Å². The lowest BCUT2D eigenvalue weighted by Gasteiger charge is -2.10. The number of carbonyl (C=O) groups excluding carboxylic acids is 2. The molecule has 0 atom stereocenters. The molecule has 0 heterocycles. The molecule has 152 valence electrons. The zero-order valence-corrected chi connectivity index (χ0v) is 16.7. The van der Waals surface area contributed by atoms with Crippen LogP contribution in [0.2, 0.25) is 0 Å². The maximum Gasteiger partial charge on any atom is 0.309 e. The lowest BCUT2D eigenvalue weighted by molar-refractivity contribution is -0.143. The Balaban J connectivity index is 1.30. The fourth-order valence-corrected chi connectivity index (χ4v) is 3.58. The Morgan fingerprint density at radius 1 is 0.867 bits per heavy atom. The Morgan fingerprint density at radius 3 is 2.43 bits per heavy atom. The highest BCUT2D eigenvalue weighted by molar-refractivity contribution is 5.99. The molecule has 3 aromatic carbocycles. The van der Waals surface area contributed by atoms with Crippen LogP contribution in [0.4, 0.5) is 0 Å². The van der Waals surface area contributed by atoms with Gasteiger partial charge in [0.1, 0.15) is 0 Å². The summed E-state index contributed by atoms with van der Waals surface area (Å²) in [6, 6.07) is 21.1. The zero-order valence-electron chi connectivity index (χ0n) is 16.7. The molecule has 0 aliphatic heterocycles. The molecule has 0 spiro atoms. The van der Waals surface area contributed by atoms with Gasteiger partial charge in [0.25, 0.3) is 0 Å². The molecule has 0 saturated heterocycles. The summed E-state index contributed by atoms with van der Waals surface area (Å²) in [6.07, 6.45) is 0.921. The molecule has 3 aromatic rings. The highest BCUT2D eigenvalue weighted by Crippen LogP contribution is 2.36. The summed E-state index contributed by atoms with van der Waals surface area (Å²) in [5, 5.41) is 0. The standard InChI is InChI=1S/C25H22O5/c1-28-23-8-4-5-9-24(23)29-13-12-25(27)30-16-22(26)19-11-10-18-14-17-6-2-3-7-20(17)21(18)15-19/h2-11,15H,12-14,16H2,1H3. The van der Waals surface area contributed by atoms with E-state index in [4.69, 9.17) is 14.2 Å². The Morgan fingerprint density at radius 2 is 1.60 bits per heavy atom. The quantitative estimate of drug-likeness (QED) is 0.322. The molecule has 4 rings (SSSR count). The maximum atomic E-state index is 12.5. The number of para-hydroxylation sites is 2. The highest BCUT2D eigenvalue weighted by atomic mass is 16.5. The van der Waals surface area contributed by atoms with E-state index in [9.17, 15) is 9.59 Å². The number of fused-ring (bicyclic) bond motifs is 3. The van der Waals surface area contributed by atoms with Gasteiger partial charge in [-0.15, -0.1) is 0 Å². The number of benzene rings is 3. The highest BCUT2D eigenvalue weighted by Gasteiger charge is 2.20. The van der Waals surface area contributed by atoms with Crippen LogP contribution in [0.1, 0.15) is 27.9 Å². The first-order valence-electron chi connectivity index (χ1n) is 9.81. The SMILES string of the molecule is COc1ccccc1OCCC(=O)OCC(=O)c1ccc2c(c1)-c1ccccc1C2. The molecule has 30 heavy (non-hydrogen) atoms. The number of ether oxygens (including phenoxy) is 3. The number of hydrogen-bond donors (Lipinski definition) is 0. The maximum absolute atomic E-state index is 12.5. The van der Waals surface area contributed by atoms with E-state index in [1.54, 1.807) is 25.3 Å². The van der Waals surface area contributed by atoms with E-state index >= 15 is 0 Å². The molecule has 5 heteroatoms. The van der Waals surface area contributed by atoms with Crippen LogP contribution >= 0.6 is 0 Å². The van der Waals surface area contributed by atoms with Crippen molar-refractivity contribution in [2.45, 2.75) is 12.8 Å². The van der Waals surface area contributed by atoms with Gasteiger partial charge >= 0.3 is 5.97 Å². The fourth-order valence-electron chi connectivity index (χ4n) is 3.58. The van der Waals surface area contributed by atoms with Crippen molar-refractivity contribution in [2.75, 3.05) is 20.3 Å². The average Bonchev–Trinajstić information content (AvgIpc) is 3.15. The van der Waals surface area contributed by atoms with Gasteiger partial charge in [-0.1, -0.05) is 48.5 Å². The molecule has 5 nitrogen and oxygen atoms in total. The summed E-state index contributed by atoms with van der Waals surface area (Å²) in [7, 11) is 1.56. The summed E-state index contributed by atoms with van der Waals surface area (Å²) in [6.45, 7) is -0.142. The number of carbonyl (C=O) groups is 2. The molecule has 0 radical (unpaired) electrons. The molecule has 0 N–H and O–H groups in total. The number of Topliss-reactive ketones (excluding diaryl/α,β-unsaturated/α-hetero) is 1. The monoisotopic (exact) mass is 402 g/mol. The number of rotatable bonds is 8. The van der Waals surface area contributed by atoms with Crippen LogP contribution in [0, 0.1) is 0 Å². The van der Waals surface area contributed by atoms with Crippen molar-refractivity contribution in [3.8, 4) is 22.6 Å². The van der Waals surface area contributed by atoms with Crippen molar-refractivity contribution in [2.24, 2.45) is 0 Å². The van der Waals surface area contributed by atoms with E-state index in [1.807, 2.05) is 36.4 Å². The lowest BCUT2D eigenvalue weighted by atomic mass is 10.0. The Bertz CT molecular complexity index is 1090. The van der Waals surface area contributed by atoms with Crippen LogP contribution in [0.5, 0.6) is 11.5 Å². The Labute approximate surface area is 175 Å². The number of hydrogen-bond acceptors (Lipinski definition) is 5.